The number of thioether (sulfide) groups is 1. The Hall–Kier alpha value is -2.93. The third-order valence-corrected chi connectivity index (χ3v) is 4.62. The molecule has 134 valence electrons. The minimum absolute atomic E-state index is 0.181. The molecule has 0 bridgehead atoms. The summed E-state index contributed by atoms with van der Waals surface area (Å²) < 4.78 is 5.57. The van der Waals surface area contributed by atoms with Gasteiger partial charge in [0.05, 0.1) is 11.9 Å². The highest BCUT2D eigenvalue weighted by molar-refractivity contribution is 8.14. The van der Waals surface area contributed by atoms with E-state index in [9.17, 15) is 9.90 Å². The zero-order valence-electron chi connectivity index (χ0n) is 14.7. The van der Waals surface area contributed by atoms with Gasteiger partial charge in [-0.3, -0.25) is 10.2 Å². The van der Waals surface area contributed by atoms with Crippen molar-refractivity contribution in [3.8, 4) is 5.75 Å². The summed E-state index contributed by atoms with van der Waals surface area (Å²) in [5.74, 6) is 0.459. The summed E-state index contributed by atoms with van der Waals surface area (Å²) in [5.41, 5.74) is 5.43. The summed E-state index contributed by atoms with van der Waals surface area (Å²) in [6.07, 6.45) is 1.42. The van der Waals surface area contributed by atoms with Gasteiger partial charge in [0.1, 0.15) is 5.75 Å². The van der Waals surface area contributed by atoms with Gasteiger partial charge in [-0.15, -0.1) is 0 Å². The van der Waals surface area contributed by atoms with E-state index >= 15 is 0 Å². The third kappa shape index (κ3) is 4.00. The molecule has 1 heterocycles. The molecule has 3 rings (SSSR count). The number of phenols is 1. The van der Waals surface area contributed by atoms with Crippen LogP contribution in [0.15, 0.2) is 58.0 Å². The highest BCUT2D eigenvalue weighted by Crippen LogP contribution is 2.27. The van der Waals surface area contributed by atoms with E-state index in [0.29, 0.717) is 0 Å². The molecule has 26 heavy (non-hydrogen) atoms. The molecule has 0 unspecified atom stereocenters. The zero-order chi connectivity index (χ0) is 18.7. The minimum atomic E-state index is -0.209. The standard InChI is InChI=1S/C19H19N3O3S/c1-12-9-14(10-13(2)17(12)23)21-22(3)19-20-11-16(25-19)18(24)26-15-7-5-4-6-8-15/h4-11,21,23H,1-3H3. The minimum Gasteiger partial charge on any atom is -0.507 e. The Morgan fingerprint density at radius 2 is 1.85 bits per heavy atom. The molecule has 0 saturated heterocycles. The number of rotatable bonds is 5. The molecule has 3 aromatic rings. The quantitative estimate of drug-likeness (QED) is 0.392. The van der Waals surface area contributed by atoms with Crippen LogP contribution < -0.4 is 10.4 Å². The molecule has 0 spiro atoms. The maximum Gasteiger partial charge on any atom is 0.316 e. The van der Waals surface area contributed by atoms with Gasteiger partial charge in [-0.05, 0) is 61.0 Å². The number of nitrogens with zero attached hydrogens (tertiary/aromatic N) is 2. The van der Waals surface area contributed by atoms with E-state index in [4.69, 9.17) is 4.42 Å². The zero-order valence-corrected chi connectivity index (χ0v) is 15.5. The van der Waals surface area contributed by atoms with E-state index in [-0.39, 0.29) is 22.6 Å². The fraction of sp³-hybridized carbons (Fsp3) is 0.158. The number of carbonyl (C=O) groups is 1. The van der Waals surface area contributed by atoms with E-state index < -0.39 is 0 Å². The second kappa shape index (κ2) is 7.53. The Labute approximate surface area is 155 Å². The van der Waals surface area contributed by atoms with Gasteiger partial charge in [-0.1, -0.05) is 18.2 Å². The molecule has 0 aliphatic rings. The smallest absolute Gasteiger partial charge is 0.316 e. The first-order chi connectivity index (χ1) is 12.4. The van der Waals surface area contributed by atoms with Crippen LogP contribution in [0.25, 0.3) is 0 Å². The number of phenolic OH excluding ortho intramolecular Hbond substituents is 1. The van der Waals surface area contributed by atoms with Gasteiger partial charge in [-0.25, -0.2) is 5.01 Å². The lowest BCUT2D eigenvalue weighted by atomic mass is 10.1. The molecule has 2 N–H and O–H groups in total. The number of hydrogen-bond donors (Lipinski definition) is 2. The Bertz CT molecular complexity index is 902. The van der Waals surface area contributed by atoms with Crippen molar-refractivity contribution in [3.05, 3.63) is 65.5 Å². The van der Waals surface area contributed by atoms with Crippen LogP contribution in [-0.4, -0.2) is 22.3 Å². The van der Waals surface area contributed by atoms with E-state index in [1.54, 1.807) is 12.1 Å². The second-order valence-corrected chi connectivity index (χ2v) is 6.89. The summed E-state index contributed by atoms with van der Waals surface area (Å²) >= 11 is 1.09. The van der Waals surface area contributed by atoms with Crippen LogP contribution in [0, 0.1) is 13.8 Å². The fourth-order valence-corrected chi connectivity index (χ4v) is 3.12. The van der Waals surface area contributed by atoms with E-state index in [0.717, 1.165) is 33.5 Å². The number of hydrazine groups is 1. The van der Waals surface area contributed by atoms with Crippen LogP contribution in [0.1, 0.15) is 21.7 Å². The number of carbonyl (C=O) groups excluding carboxylic acids is 1. The van der Waals surface area contributed by atoms with Crippen LogP contribution >= 0.6 is 11.8 Å². The molecule has 0 saturated carbocycles. The number of aromatic nitrogens is 1. The van der Waals surface area contributed by atoms with Crippen molar-refractivity contribution < 1.29 is 14.3 Å². The van der Waals surface area contributed by atoms with Gasteiger partial charge in [0.2, 0.25) is 5.76 Å². The van der Waals surface area contributed by atoms with E-state index in [1.807, 2.05) is 56.3 Å². The monoisotopic (exact) mass is 369 g/mol. The number of nitrogens with one attached hydrogen (secondary N) is 1. The molecule has 0 aliphatic carbocycles. The number of hydrogen-bond acceptors (Lipinski definition) is 7. The topological polar surface area (TPSA) is 78.6 Å². The lowest BCUT2D eigenvalue weighted by Gasteiger charge is -2.18. The van der Waals surface area contributed by atoms with Crippen LogP contribution in [0.3, 0.4) is 0 Å². The first-order valence-corrected chi connectivity index (χ1v) is 8.79. The van der Waals surface area contributed by atoms with Gasteiger partial charge in [-0.2, -0.15) is 4.98 Å². The molecule has 2 aromatic carbocycles. The maximum absolute atomic E-state index is 12.3. The molecule has 0 atom stereocenters. The largest absolute Gasteiger partial charge is 0.507 e. The molecule has 7 heteroatoms. The number of aryl methyl sites for hydroxylation is 2. The number of oxazole rings is 1. The number of anilines is 2. The highest BCUT2D eigenvalue weighted by atomic mass is 32.2. The van der Waals surface area contributed by atoms with Crippen LogP contribution in [-0.2, 0) is 0 Å². The third-order valence-electron chi connectivity index (χ3n) is 3.72. The van der Waals surface area contributed by atoms with Gasteiger partial charge in [0.25, 0.3) is 5.12 Å². The molecule has 0 radical (unpaired) electrons. The number of benzene rings is 2. The summed E-state index contributed by atoms with van der Waals surface area (Å²) in [7, 11) is 1.74. The lowest BCUT2D eigenvalue weighted by molar-refractivity contribution is 0.106. The van der Waals surface area contributed by atoms with Crippen molar-refractivity contribution in [1.82, 2.24) is 4.98 Å². The maximum atomic E-state index is 12.3. The Kier molecular flexibility index (Phi) is 5.18. The summed E-state index contributed by atoms with van der Waals surface area (Å²) in [6.45, 7) is 3.66. The van der Waals surface area contributed by atoms with Crippen molar-refractivity contribution in [2.24, 2.45) is 0 Å². The van der Waals surface area contributed by atoms with Crippen molar-refractivity contribution >= 4 is 28.6 Å². The SMILES string of the molecule is Cc1cc(NN(C)c2ncc(C(=O)Sc3ccccc3)o2)cc(C)c1O. The molecular formula is C19H19N3O3S. The van der Waals surface area contributed by atoms with E-state index in [2.05, 4.69) is 10.4 Å². The van der Waals surface area contributed by atoms with Gasteiger partial charge < -0.3 is 9.52 Å². The normalized spacial score (nSPS) is 10.6. The lowest BCUT2D eigenvalue weighted by Crippen LogP contribution is -2.25. The van der Waals surface area contributed by atoms with Gasteiger partial charge in [0, 0.05) is 11.9 Å². The van der Waals surface area contributed by atoms with Crippen molar-refractivity contribution in [2.45, 2.75) is 18.7 Å². The average molecular weight is 369 g/mol. The van der Waals surface area contributed by atoms with Crippen molar-refractivity contribution in [3.63, 3.8) is 0 Å². The van der Waals surface area contributed by atoms with Crippen LogP contribution in [0.5, 0.6) is 5.75 Å². The first-order valence-electron chi connectivity index (χ1n) is 7.97. The summed E-state index contributed by atoms with van der Waals surface area (Å²) in [5, 5.41) is 11.2. The van der Waals surface area contributed by atoms with Crippen LogP contribution in [0.4, 0.5) is 11.7 Å². The summed E-state index contributed by atoms with van der Waals surface area (Å²) in [6, 6.07) is 13.3. The Balaban J connectivity index is 1.70. The molecular weight excluding hydrogens is 350 g/mol. The molecule has 0 fully saturated rings. The summed E-state index contributed by atoms with van der Waals surface area (Å²) in [4.78, 5) is 17.3. The van der Waals surface area contributed by atoms with Crippen molar-refractivity contribution in [1.29, 1.82) is 0 Å². The number of aromatic hydroxyl groups is 1. The molecule has 0 amide bonds. The van der Waals surface area contributed by atoms with Gasteiger partial charge >= 0.3 is 6.01 Å². The Morgan fingerprint density at radius 3 is 2.50 bits per heavy atom. The average Bonchev–Trinajstić information content (AvgIpc) is 3.11. The molecule has 0 aliphatic heterocycles. The van der Waals surface area contributed by atoms with Crippen LogP contribution in [0.2, 0.25) is 0 Å². The first kappa shape index (κ1) is 17.9. The van der Waals surface area contributed by atoms with Crippen molar-refractivity contribution in [2.75, 3.05) is 17.5 Å². The highest BCUT2D eigenvalue weighted by Gasteiger charge is 2.16. The predicted octanol–water partition coefficient (Wildman–Crippen LogP) is 4.39. The van der Waals surface area contributed by atoms with Gasteiger partial charge in [0.15, 0.2) is 0 Å². The van der Waals surface area contributed by atoms with E-state index in [1.165, 1.54) is 6.20 Å². The fourth-order valence-electron chi connectivity index (χ4n) is 2.42. The second-order valence-electron chi connectivity index (χ2n) is 5.84. The predicted molar refractivity (Wildman–Crippen MR) is 103 cm³/mol. The molecule has 6 nitrogen and oxygen atoms in total. The Morgan fingerprint density at radius 1 is 1.19 bits per heavy atom. The molecule has 1 aromatic heterocycles.